The first-order chi connectivity index (χ1) is 16.0. The number of halogens is 1. The van der Waals surface area contributed by atoms with Gasteiger partial charge in [-0.15, -0.1) is 0 Å². The number of carbonyl (C=O) groups excluding carboxylic acids is 1. The predicted molar refractivity (Wildman–Crippen MR) is 123 cm³/mol. The molecule has 172 valence electrons. The van der Waals surface area contributed by atoms with E-state index < -0.39 is 11.7 Å². The van der Waals surface area contributed by atoms with Crippen molar-refractivity contribution in [2.24, 2.45) is 0 Å². The predicted octanol–water partition coefficient (Wildman–Crippen LogP) is 1.82. The molecule has 0 spiro atoms. The number of nitrogens with one attached hydrogen (secondary N) is 2. The molecule has 4 heterocycles. The molecule has 2 aliphatic heterocycles. The van der Waals surface area contributed by atoms with Gasteiger partial charge in [0.2, 0.25) is 0 Å². The summed E-state index contributed by atoms with van der Waals surface area (Å²) in [5.74, 6) is -0.920. The maximum Gasteiger partial charge on any atom is 0.254 e. The van der Waals surface area contributed by atoms with Crippen molar-refractivity contribution in [1.82, 2.24) is 20.2 Å². The second-order valence-electron chi connectivity index (χ2n) is 8.69. The van der Waals surface area contributed by atoms with Crippen LogP contribution >= 0.6 is 0 Å². The van der Waals surface area contributed by atoms with E-state index in [0.717, 1.165) is 55.0 Å². The van der Waals surface area contributed by atoms with Gasteiger partial charge in [0.05, 0.1) is 35.9 Å². The molecule has 0 radical (unpaired) electrons. The first-order valence-electron chi connectivity index (χ1n) is 11.1. The summed E-state index contributed by atoms with van der Waals surface area (Å²) < 4.78 is 19.6. The zero-order valence-electron chi connectivity index (χ0n) is 18.4. The number of ether oxygens (including phenoxy) is 1. The zero-order chi connectivity index (χ0) is 22.9. The molecule has 2 aliphatic rings. The van der Waals surface area contributed by atoms with Gasteiger partial charge in [-0.1, -0.05) is 0 Å². The monoisotopic (exact) mass is 451 g/mol. The Kier molecular flexibility index (Phi) is 5.82. The molecule has 9 heteroatoms. The minimum Gasteiger partial charge on any atom is -0.377 e. The van der Waals surface area contributed by atoms with Crippen LogP contribution in [0.4, 0.5) is 10.1 Å². The lowest BCUT2D eigenvalue weighted by Gasteiger charge is -2.36. The van der Waals surface area contributed by atoms with Crippen molar-refractivity contribution < 1.29 is 13.9 Å². The summed E-state index contributed by atoms with van der Waals surface area (Å²) >= 11 is 0. The number of hydrogen-bond acceptors (Lipinski definition) is 6. The Balaban J connectivity index is 1.20. The Morgan fingerprint density at radius 3 is 2.70 bits per heavy atom. The van der Waals surface area contributed by atoms with Gasteiger partial charge in [-0.2, -0.15) is 0 Å². The molecule has 2 saturated heterocycles. The summed E-state index contributed by atoms with van der Waals surface area (Å²) in [6.07, 6.45) is 1.85. The van der Waals surface area contributed by atoms with Gasteiger partial charge in [-0.3, -0.25) is 19.5 Å². The zero-order valence-corrected chi connectivity index (χ0v) is 18.4. The van der Waals surface area contributed by atoms with Crippen LogP contribution in [0.2, 0.25) is 0 Å². The molecule has 1 amide bonds. The number of pyridine rings is 2. The van der Waals surface area contributed by atoms with Gasteiger partial charge in [0.1, 0.15) is 5.82 Å². The van der Waals surface area contributed by atoms with Crippen LogP contribution in [0.3, 0.4) is 0 Å². The van der Waals surface area contributed by atoms with Crippen molar-refractivity contribution in [3.8, 4) is 0 Å². The first-order valence-corrected chi connectivity index (χ1v) is 11.1. The van der Waals surface area contributed by atoms with Gasteiger partial charge in [0, 0.05) is 50.2 Å². The number of anilines is 1. The molecular formula is C24H26FN5O3. The molecule has 33 heavy (non-hydrogen) atoms. The molecule has 3 aromatic rings. The SMILES string of the molecule is Cc1cc2ncc(CN3CCN(c4ccc(C(=O)NC5COC5)c(F)c4)CC3)cc2[nH]c1=O. The minimum absolute atomic E-state index is 0.0354. The molecule has 2 aromatic heterocycles. The Labute approximate surface area is 190 Å². The number of aryl methyl sites for hydroxylation is 1. The highest BCUT2D eigenvalue weighted by Crippen LogP contribution is 2.21. The highest BCUT2D eigenvalue weighted by molar-refractivity contribution is 5.95. The van der Waals surface area contributed by atoms with E-state index in [2.05, 4.69) is 25.1 Å². The van der Waals surface area contributed by atoms with Crippen LogP contribution in [0.5, 0.6) is 0 Å². The third-order valence-corrected chi connectivity index (χ3v) is 6.25. The smallest absolute Gasteiger partial charge is 0.254 e. The van der Waals surface area contributed by atoms with Gasteiger partial charge in [0.15, 0.2) is 0 Å². The number of aromatic amines is 1. The standard InChI is InChI=1S/C24H26FN5O3/c1-15-8-21-22(28-23(15)31)9-16(11-26-21)12-29-4-6-30(7-5-29)18-2-3-19(20(25)10-18)24(32)27-17-13-33-14-17/h2-3,8-11,17H,4-7,12-14H2,1H3,(H,27,32)(H,28,31). The van der Waals surface area contributed by atoms with Gasteiger partial charge in [-0.05, 0) is 42.8 Å². The van der Waals surface area contributed by atoms with E-state index in [-0.39, 0.29) is 17.2 Å². The number of H-pyrrole nitrogens is 1. The maximum absolute atomic E-state index is 14.6. The number of amides is 1. The van der Waals surface area contributed by atoms with Crippen LogP contribution in [0.15, 0.2) is 41.3 Å². The Morgan fingerprint density at radius 2 is 2.00 bits per heavy atom. The highest BCUT2D eigenvalue weighted by Gasteiger charge is 2.24. The minimum atomic E-state index is -0.515. The average molecular weight is 452 g/mol. The van der Waals surface area contributed by atoms with Crippen LogP contribution < -0.4 is 15.8 Å². The van der Waals surface area contributed by atoms with Crippen molar-refractivity contribution >= 4 is 22.6 Å². The van der Waals surface area contributed by atoms with Crippen molar-refractivity contribution in [2.45, 2.75) is 19.5 Å². The lowest BCUT2D eigenvalue weighted by Crippen LogP contribution is -2.48. The second-order valence-corrected chi connectivity index (χ2v) is 8.69. The summed E-state index contributed by atoms with van der Waals surface area (Å²) in [5.41, 5.74) is 3.94. The van der Waals surface area contributed by atoms with Crippen molar-refractivity contribution in [2.75, 3.05) is 44.3 Å². The molecule has 0 aliphatic carbocycles. The number of carbonyl (C=O) groups is 1. The normalized spacial score (nSPS) is 17.2. The van der Waals surface area contributed by atoms with E-state index in [9.17, 15) is 14.0 Å². The number of fused-ring (bicyclic) bond motifs is 1. The largest absolute Gasteiger partial charge is 0.377 e. The topological polar surface area (TPSA) is 90.6 Å². The van der Waals surface area contributed by atoms with E-state index in [4.69, 9.17) is 4.74 Å². The number of aromatic nitrogens is 2. The summed E-state index contributed by atoms with van der Waals surface area (Å²) in [4.78, 5) is 35.9. The molecule has 1 aromatic carbocycles. The van der Waals surface area contributed by atoms with Crippen LogP contribution in [-0.2, 0) is 11.3 Å². The fourth-order valence-corrected chi connectivity index (χ4v) is 4.20. The molecule has 0 unspecified atom stereocenters. The van der Waals surface area contributed by atoms with E-state index >= 15 is 0 Å². The van der Waals surface area contributed by atoms with E-state index in [1.165, 1.54) is 6.07 Å². The number of rotatable bonds is 5. The summed E-state index contributed by atoms with van der Waals surface area (Å²) in [6, 6.07) is 8.53. The molecule has 0 saturated carbocycles. The van der Waals surface area contributed by atoms with Gasteiger partial charge < -0.3 is 19.9 Å². The number of piperazine rings is 1. The molecule has 2 N–H and O–H groups in total. The Hall–Kier alpha value is -3.30. The van der Waals surface area contributed by atoms with Crippen molar-refractivity contribution in [1.29, 1.82) is 0 Å². The number of benzene rings is 1. The molecule has 8 nitrogen and oxygen atoms in total. The molecule has 0 atom stereocenters. The quantitative estimate of drug-likeness (QED) is 0.615. The summed E-state index contributed by atoms with van der Waals surface area (Å²) in [7, 11) is 0. The lowest BCUT2D eigenvalue weighted by molar-refractivity contribution is -0.00352. The second kappa shape index (κ2) is 8.92. The lowest BCUT2D eigenvalue weighted by atomic mass is 10.1. The van der Waals surface area contributed by atoms with Crippen molar-refractivity contribution in [3.63, 3.8) is 0 Å². The molecule has 2 fully saturated rings. The molecule has 5 rings (SSSR count). The molecular weight excluding hydrogens is 425 g/mol. The third-order valence-electron chi connectivity index (χ3n) is 6.25. The van der Waals surface area contributed by atoms with Crippen molar-refractivity contribution in [3.05, 3.63) is 69.4 Å². The average Bonchev–Trinajstić information content (AvgIpc) is 2.77. The van der Waals surface area contributed by atoms with Crippen LogP contribution in [0.1, 0.15) is 21.5 Å². The Bertz CT molecular complexity index is 1250. The first kappa shape index (κ1) is 21.5. The Morgan fingerprint density at radius 1 is 1.21 bits per heavy atom. The van der Waals surface area contributed by atoms with Crippen LogP contribution in [-0.4, -0.2) is 66.2 Å². The van der Waals surface area contributed by atoms with E-state index in [1.807, 2.05) is 12.3 Å². The van der Waals surface area contributed by atoms with Crippen LogP contribution in [0, 0.1) is 12.7 Å². The number of hydrogen-bond donors (Lipinski definition) is 2. The van der Waals surface area contributed by atoms with E-state index in [0.29, 0.717) is 18.8 Å². The van der Waals surface area contributed by atoms with Gasteiger partial charge >= 0.3 is 0 Å². The highest BCUT2D eigenvalue weighted by atomic mass is 19.1. The maximum atomic E-state index is 14.6. The summed E-state index contributed by atoms with van der Waals surface area (Å²) in [6.45, 7) is 6.58. The fraction of sp³-hybridized carbons (Fsp3) is 0.375. The fourth-order valence-electron chi connectivity index (χ4n) is 4.20. The molecule has 0 bridgehead atoms. The number of nitrogens with zero attached hydrogens (tertiary/aromatic N) is 3. The van der Waals surface area contributed by atoms with E-state index in [1.54, 1.807) is 25.1 Å². The summed E-state index contributed by atoms with van der Waals surface area (Å²) in [5, 5.41) is 2.77. The van der Waals surface area contributed by atoms with Gasteiger partial charge in [0.25, 0.3) is 11.5 Å². The third kappa shape index (κ3) is 4.60. The van der Waals surface area contributed by atoms with Crippen LogP contribution in [0.25, 0.3) is 11.0 Å². The van der Waals surface area contributed by atoms with Gasteiger partial charge in [-0.25, -0.2) is 4.39 Å².